The number of hydrogen-bond donors (Lipinski definition) is 2. The van der Waals surface area contributed by atoms with Crippen molar-refractivity contribution in [3.8, 4) is 0 Å². The summed E-state index contributed by atoms with van der Waals surface area (Å²) < 4.78 is 4.85. The number of aliphatic hydroxyl groups is 1. The van der Waals surface area contributed by atoms with E-state index < -0.39 is 6.10 Å². The standard InChI is InChI=1S/C11H18ClN3O2/c1-4-9-10(12)14-7(2)15-11(9)13-5-8(16)6-17-3/h8,16H,4-6H2,1-3H3,(H,13,14,15)/t8-/m0/s1. The van der Waals surface area contributed by atoms with Gasteiger partial charge in [0.25, 0.3) is 0 Å². The largest absolute Gasteiger partial charge is 0.389 e. The molecular formula is C11H18ClN3O2. The quantitative estimate of drug-likeness (QED) is 0.757. The van der Waals surface area contributed by atoms with Crippen LogP contribution in [0.2, 0.25) is 5.15 Å². The number of anilines is 1. The number of nitrogens with one attached hydrogen (secondary N) is 1. The Labute approximate surface area is 106 Å². The van der Waals surface area contributed by atoms with E-state index >= 15 is 0 Å². The molecule has 0 amide bonds. The highest BCUT2D eigenvalue weighted by Gasteiger charge is 2.11. The van der Waals surface area contributed by atoms with E-state index in [1.165, 1.54) is 0 Å². The van der Waals surface area contributed by atoms with E-state index in [1.807, 2.05) is 6.92 Å². The topological polar surface area (TPSA) is 67.3 Å². The molecule has 0 aliphatic heterocycles. The van der Waals surface area contributed by atoms with E-state index in [4.69, 9.17) is 16.3 Å². The summed E-state index contributed by atoms with van der Waals surface area (Å²) in [4.78, 5) is 8.37. The molecule has 0 saturated carbocycles. The maximum atomic E-state index is 9.55. The number of rotatable bonds is 6. The van der Waals surface area contributed by atoms with Crippen LogP contribution in [0.4, 0.5) is 5.82 Å². The fraction of sp³-hybridized carbons (Fsp3) is 0.636. The van der Waals surface area contributed by atoms with Crippen molar-refractivity contribution in [2.45, 2.75) is 26.4 Å². The van der Waals surface area contributed by atoms with E-state index in [2.05, 4.69) is 15.3 Å². The molecular weight excluding hydrogens is 242 g/mol. The van der Waals surface area contributed by atoms with E-state index in [1.54, 1.807) is 14.0 Å². The van der Waals surface area contributed by atoms with Crippen molar-refractivity contribution in [3.63, 3.8) is 0 Å². The average molecular weight is 260 g/mol. The van der Waals surface area contributed by atoms with Gasteiger partial charge in [0.05, 0.1) is 12.7 Å². The van der Waals surface area contributed by atoms with Crippen LogP contribution in [-0.4, -0.2) is 41.4 Å². The first-order chi connectivity index (χ1) is 8.08. The molecule has 1 atom stereocenters. The summed E-state index contributed by atoms with van der Waals surface area (Å²) in [6.45, 7) is 4.42. The number of methoxy groups -OCH3 is 1. The molecule has 96 valence electrons. The third-order valence-corrected chi connectivity index (χ3v) is 2.60. The molecule has 0 fully saturated rings. The van der Waals surface area contributed by atoms with Gasteiger partial charge in [0.2, 0.25) is 0 Å². The zero-order chi connectivity index (χ0) is 12.8. The smallest absolute Gasteiger partial charge is 0.138 e. The Hall–Kier alpha value is -0.910. The zero-order valence-corrected chi connectivity index (χ0v) is 11.1. The third-order valence-electron chi connectivity index (χ3n) is 2.29. The fourth-order valence-corrected chi connectivity index (χ4v) is 1.83. The Balaban J connectivity index is 2.75. The van der Waals surface area contributed by atoms with Gasteiger partial charge in [-0.3, -0.25) is 0 Å². The van der Waals surface area contributed by atoms with Crippen molar-refractivity contribution >= 4 is 17.4 Å². The molecule has 5 nitrogen and oxygen atoms in total. The lowest BCUT2D eigenvalue weighted by atomic mass is 10.2. The number of ether oxygens (including phenoxy) is 1. The number of hydrogen-bond acceptors (Lipinski definition) is 5. The van der Waals surface area contributed by atoms with Crippen molar-refractivity contribution in [3.05, 3.63) is 16.5 Å². The van der Waals surface area contributed by atoms with Gasteiger partial charge in [-0.15, -0.1) is 0 Å². The maximum absolute atomic E-state index is 9.55. The lowest BCUT2D eigenvalue weighted by Gasteiger charge is -2.14. The first kappa shape index (κ1) is 14.2. The molecule has 0 radical (unpaired) electrons. The molecule has 1 rings (SSSR count). The summed E-state index contributed by atoms with van der Waals surface area (Å²) in [6, 6.07) is 0. The van der Waals surface area contributed by atoms with Crippen LogP contribution < -0.4 is 5.32 Å². The summed E-state index contributed by atoms with van der Waals surface area (Å²) in [5.41, 5.74) is 0.863. The third kappa shape index (κ3) is 4.11. The summed E-state index contributed by atoms with van der Waals surface area (Å²) in [5.74, 6) is 1.29. The van der Waals surface area contributed by atoms with E-state index in [9.17, 15) is 5.11 Å². The molecule has 17 heavy (non-hydrogen) atoms. The fourth-order valence-electron chi connectivity index (χ4n) is 1.49. The minimum absolute atomic E-state index is 0.284. The van der Waals surface area contributed by atoms with Crippen molar-refractivity contribution in [1.29, 1.82) is 0 Å². The van der Waals surface area contributed by atoms with Gasteiger partial charge in [0.1, 0.15) is 16.8 Å². The predicted octanol–water partition coefficient (Wildman–Crippen LogP) is 1.42. The van der Waals surface area contributed by atoms with Gasteiger partial charge in [-0.1, -0.05) is 18.5 Å². The van der Waals surface area contributed by atoms with Gasteiger partial charge in [-0.2, -0.15) is 0 Å². The minimum Gasteiger partial charge on any atom is -0.389 e. The average Bonchev–Trinajstić information content (AvgIpc) is 2.26. The molecule has 6 heteroatoms. The van der Waals surface area contributed by atoms with Gasteiger partial charge < -0.3 is 15.2 Å². The lowest BCUT2D eigenvalue weighted by Crippen LogP contribution is -2.25. The summed E-state index contributed by atoms with van der Waals surface area (Å²) in [6.07, 6.45) is 0.167. The Bertz CT molecular complexity index is 374. The summed E-state index contributed by atoms with van der Waals surface area (Å²) >= 11 is 6.03. The molecule has 0 unspecified atom stereocenters. The first-order valence-corrected chi connectivity index (χ1v) is 5.90. The van der Waals surface area contributed by atoms with Crippen molar-refractivity contribution < 1.29 is 9.84 Å². The van der Waals surface area contributed by atoms with Gasteiger partial charge in [-0.05, 0) is 13.3 Å². The van der Waals surface area contributed by atoms with E-state index in [0.29, 0.717) is 23.3 Å². The van der Waals surface area contributed by atoms with Gasteiger partial charge in [0.15, 0.2) is 0 Å². The Morgan fingerprint density at radius 1 is 1.47 bits per heavy atom. The van der Waals surface area contributed by atoms with Crippen LogP contribution in [0.3, 0.4) is 0 Å². The molecule has 1 heterocycles. The van der Waals surface area contributed by atoms with Crippen molar-refractivity contribution in [1.82, 2.24) is 9.97 Å². The molecule has 0 aliphatic carbocycles. The molecule has 0 aromatic carbocycles. The summed E-state index contributed by atoms with van der Waals surface area (Å²) in [7, 11) is 1.55. The van der Waals surface area contributed by atoms with Crippen LogP contribution in [0.15, 0.2) is 0 Å². The predicted molar refractivity (Wildman–Crippen MR) is 67.5 cm³/mol. The molecule has 1 aromatic rings. The van der Waals surface area contributed by atoms with Crippen LogP contribution in [0.1, 0.15) is 18.3 Å². The normalized spacial score (nSPS) is 12.5. The highest BCUT2D eigenvalue weighted by Crippen LogP contribution is 2.21. The Kier molecular flexibility index (Phi) is 5.61. The van der Waals surface area contributed by atoms with Crippen LogP contribution in [0, 0.1) is 6.92 Å². The summed E-state index contributed by atoms with van der Waals surface area (Å²) in [5, 5.41) is 13.1. The monoisotopic (exact) mass is 259 g/mol. The van der Waals surface area contributed by atoms with Gasteiger partial charge in [-0.25, -0.2) is 9.97 Å². The minimum atomic E-state index is -0.571. The van der Waals surface area contributed by atoms with Crippen molar-refractivity contribution in [2.24, 2.45) is 0 Å². The number of aromatic nitrogens is 2. The number of aryl methyl sites for hydroxylation is 1. The Morgan fingerprint density at radius 2 is 2.18 bits per heavy atom. The molecule has 2 N–H and O–H groups in total. The highest BCUT2D eigenvalue weighted by molar-refractivity contribution is 6.30. The highest BCUT2D eigenvalue weighted by atomic mass is 35.5. The molecule has 0 bridgehead atoms. The number of aliphatic hydroxyl groups excluding tert-OH is 1. The zero-order valence-electron chi connectivity index (χ0n) is 10.3. The van der Waals surface area contributed by atoms with Crippen LogP contribution >= 0.6 is 11.6 Å². The second kappa shape index (κ2) is 6.74. The molecule has 1 aromatic heterocycles. The number of nitrogens with zero attached hydrogens (tertiary/aromatic N) is 2. The van der Waals surface area contributed by atoms with Crippen LogP contribution in [0.25, 0.3) is 0 Å². The Morgan fingerprint density at radius 3 is 2.76 bits per heavy atom. The molecule has 0 spiro atoms. The lowest BCUT2D eigenvalue weighted by molar-refractivity contribution is 0.0727. The SMILES string of the molecule is CCc1c(Cl)nc(C)nc1NC[C@H](O)COC. The molecule has 0 saturated heterocycles. The first-order valence-electron chi connectivity index (χ1n) is 5.52. The second-order valence-corrected chi connectivity index (χ2v) is 4.09. The van der Waals surface area contributed by atoms with Gasteiger partial charge in [0, 0.05) is 19.2 Å². The van der Waals surface area contributed by atoms with Crippen LogP contribution in [0.5, 0.6) is 0 Å². The maximum Gasteiger partial charge on any atom is 0.138 e. The van der Waals surface area contributed by atoms with E-state index in [0.717, 1.165) is 12.0 Å². The van der Waals surface area contributed by atoms with Crippen LogP contribution in [-0.2, 0) is 11.2 Å². The second-order valence-electron chi connectivity index (χ2n) is 3.73. The van der Waals surface area contributed by atoms with Crippen molar-refractivity contribution in [2.75, 3.05) is 25.6 Å². The number of halogens is 1. The van der Waals surface area contributed by atoms with E-state index in [-0.39, 0.29) is 6.61 Å². The van der Waals surface area contributed by atoms with Gasteiger partial charge >= 0.3 is 0 Å². The molecule has 0 aliphatic rings.